The Hall–Kier alpha value is -4.12. The molecule has 11 heteroatoms. The van der Waals surface area contributed by atoms with Crippen molar-refractivity contribution in [1.82, 2.24) is 0 Å². The number of phenols is 1. The van der Waals surface area contributed by atoms with E-state index in [1.165, 1.54) is 24.4 Å². The van der Waals surface area contributed by atoms with E-state index in [1.54, 1.807) is 38.1 Å². The van der Waals surface area contributed by atoms with E-state index in [4.69, 9.17) is 4.74 Å². The van der Waals surface area contributed by atoms with Gasteiger partial charge in [-0.25, -0.2) is 8.42 Å². The summed E-state index contributed by atoms with van der Waals surface area (Å²) in [7, 11) is -4.19. The molecule has 0 bridgehead atoms. The summed E-state index contributed by atoms with van der Waals surface area (Å²) in [5.74, 6) is 0.260. The Morgan fingerprint density at radius 3 is 2.50 bits per heavy atom. The van der Waals surface area contributed by atoms with Gasteiger partial charge in [0.05, 0.1) is 29.1 Å². The van der Waals surface area contributed by atoms with Crippen molar-refractivity contribution in [2.24, 2.45) is 5.10 Å². The minimum absolute atomic E-state index is 0.0202. The number of hydrazone groups is 1. The van der Waals surface area contributed by atoms with Gasteiger partial charge in [0.1, 0.15) is 4.90 Å². The van der Waals surface area contributed by atoms with Gasteiger partial charge in [-0.05, 0) is 62.2 Å². The number of sulfonamides is 1. The maximum absolute atomic E-state index is 13.2. The van der Waals surface area contributed by atoms with Crippen LogP contribution in [0.15, 0.2) is 64.6 Å². The number of nitrogens with one attached hydrogen (secondary N) is 2. The molecule has 3 N–H and O–H groups in total. The Morgan fingerprint density at radius 1 is 1.09 bits per heavy atom. The number of aromatic hydroxyl groups is 1. The van der Waals surface area contributed by atoms with Crippen LogP contribution in [0, 0.1) is 24.0 Å². The molecular formula is C23H24N4O6S. The molecule has 0 aliphatic heterocycles. The molecule has 0 spiro atoms. The topological polar surface area (TPSA) is 143 Å². The minimum atomic E-state index is -4.19. The van der Waals surface area contributed by atoms with Crippen LogP contribution >= 0.6 is 0 Å². The number of benzene rings is 3. The Bertz CT molecular complexity index is 1360. The lowest BCUT2D eigenvalue weighted by Gasteiger charge is -2.14. The molecule has 34 heavy (non-hydrogen) atoms. The molecule has 3 aromatic carbocycles. The van der Waals surface area contributed by atoms with Gasteiger partial charge >= 0.3 is 0 Å². The first kappa shape index (κ1) is 24.5. The highest BCUT2D eigenvalue weighted by Crippen LogP contribution is 2.30. The summed E-state index contributed by atoms with van der Waals surface area (Å²) < 4.78 is 34.1. The quantitative estimate of drug-likeness (QED) is 0.229. The van der Waals surface area contributed by atoms with Gasteiger partial charge < -0.3 is 9.84 Å². The molecule has 0 unspecified atom stereocenters. The molecule has 0 fully saturated rings. The maximum atomic E-state index is 13.2. The van der Waals surface area contributed by atoms with E-state index in [-0.39, 0.29) is 27.8 Å². The molecule has 0 aliphatic carbocycles. The van der Waals surface area contributed by atoms with Crippen molar-refractivity contribution in [2.45, 2.75) is 25.7 Å². The molecule has 0 atom stereocenters. The predicted molar refractivity (Wildman–Crippen MR) is 130 cm³/mol. The molecule has 178 valence electrons. The highest BCUT2D eigenvalue weighted by Gasteiger charge is 2.23. The zero-order valence-corrected chi connectivity index (χ0v) is 19.6. The van der Waals surface area contributed by atoms with Gasteiger partial charge in [0.25, 0.3) is 15.7 Å². The normalized spacial score (nSPS) is 11.4. The van der Waals surface area contributed by atoms with Crippen LogP contribution in [-0.2, 0) is 10.0 Å². The largest absolute Gasteiger partial charge is 0.504 e. The van der Waals surface area contributed by atoms with Gasteiger partial charge in [-0.2, -0.15) is 5.10 Å². The third kappa shape index (κ3) is 5.81. The monoisotopic (exact) mass is 484 g/mol. The van der Waals surface area contributed by atoms with Gasteiger partial charge in [0.2, 0.25) is 0 Å². The second kappa shape index (κ2) is 10.2. The van der Waals surface area contributed by atoms with E-state index in [1.807, 2.05) is 13.0 Å². The number of hydrogen-bond donors (Lipinski definition) is 3. The Kier molecular flexibility index (Phi) is 7.37. The lowest BCUT2D eigenvalue weighted by atomic mass is 10.1. The van der Waals surface area contributed by atoms with Crippen LogP contribution in [0.5, 0.6) is 11.5 Å². The number of ether oxygens (including phenoxy) is 1. The van der Waals surface area contributed by atoms with Crippen molar-refractivity contribution in [3.05, 3.63) is 81.4 Å². The number of phenolic OH excluding ortho intramolecular Hbond substituents is 1. The molecular weight excluding hydrogens is 460 g/mol. The number of nitro groups is 1. The lowest BCUT2D eigenvalue weighted by Crippen LogP contribution is -2.16. The van der Waals surface area contributed by atoms with Gasteiger partial charge in [0, 0.05) is 12.1 Å². The lowest BCUT2D eigenvalue weighted by molar-refractivity contribution is -0.385. The molecule has 0 aliphatic rings. The van der Waals surface area contributed by atoms with Crippen molar-refractivity contribution >= 4 is 33.3 Å². The molecule has 3 rings (SSSR count). The van der Waals surface area contributed by atoms with Crippen LogP contribution in [0.3, 0.4) is 0 Å². The van der Waals surface area contributed by atoms with E-state index >= 15 is 0 Å². The number of hydrogen-bond acceptors (Lipinski definition) is 8. The van der Waals surface area contributed by atoms with E-state index in [2.05, 4.69) is 15.2 Å². The van der Waals surface area contributed by atoms with Gasteiger partial charge in [-0.1, -0.05) is 17.7 Å². The molecule has 3 aromatic rings. The Labute approximate surface area is 197 Å². The highest BCUT2D eigenvalue weighted by molar-refractivity contribution is 7.92. The Morgan fingerprint density at radius 2 is 1.82 bits per heavy atom. The molecule has 0 aromatic heterocycles. The molecule has 0 heterocycles. The third-order valence-electron chi connectivity index (χ3n) is 4.77. The second-order valence-electron chi connectivity index (χ2n) is 7.39. The van der Waals surface area contributed by atoms with E-state index in [9.17, 15) is 23.6 Å². The van der Waals surface area contributed by atoms with Crippen LogP contribution in [0.4, 0.5) is 17.1 Å². The first-order valence-corrected chi connectivity index (χ1v) is 11.7. The number of nitro benzene ring substituents is 1. The summed E-state index contributed by atoms with van der Waals surface area (Å²) in [6.07, 6.45) is 1.40. The fourth-order valence-corrected chi connectivity index (χ4v) is 4.43. The predicted octanol–water partition coefficient (Wildman–Crippen LogP) is 4.56. The first-order valence-electron chi connectivity index (χ1n) is 10.2. The summed E-state index contributed by atoms with van der Waals surface area (Å²) in [5.41, 5.74) is 4.91. The van der Waals surface area contributed by atoms with Gasteiger partial charge in [-0.3, -0.25) is 20.3 Å². The third-order valence-corrected chi connectivity index (χ3v) is 6.18. The number of anilines is 2. The van der Waals surface area contributed by atoms with Crippen LogP contribution in [0.2, 0.25) is 0 Å². The van der Waals surface area contributed by atoms with Crippen LogP contribution in [0.25, 0.3) is 0 Å². The summed E-state index contributed by atoms with van der Waals surface area (Å²) in [5, 5.41) is 25.1. The van der Waals surface area contributed by atoms with Crippen LogP contribution in [0.1, 0.15) is 23.6 Å². The number of non-ortho nitro benzene ring substituents is 1. The van der Waals surface area contributed by atoms with Crippen molar-refractivity contribution in [3.63, 3.8) is 0 Å². The van der Waals surface area contributed by atoms with Gasteiger partial charge in [0.15, 0.2) is 11.5 Å². The maximum Gasteiger partial charge on any atom is 0.270 e. The second-order valence-corrected chi connectivity index (χ2v) is 9.04. The summed E-state index contributed by atoms with van der Waals surface area (Å²) in [6.45, 7) is 5.79. The molecule has 0 amide bonds. The van der Waals surface area contributed by atoms with Gasteiger partial charge in [-0.15, -0.1) is 0 Å². The minimum Gasteiger partial charge on any atom is -0.504 e. The fraction of sp³-hybridized carbons (Fsp3) is 0.174. The fourth-order valence-electron chi connectivity index (χ4n) is 3.13. The highest BCUT2D eigenvalue weighted by atomic mass is 32.2. The SMILES string of the molecule is CCOc1cc(/C=N/Nc2ccc([N+](=O)[O-])cc2S(=O)(=O)Nc2ccc(C)cc2C)ccc1O. The average molecular weight is 485 g/mol. The van der Waals surface area contributed by atoms with Crippen molar-refractivity contribution in [3.8, 4) is 11.5 Å². The van der Waals surface area contributed by atoms with E-state index in [0.717, 1.165) is 11.6 Å². The van der Waals surface area contributed by atoms with Crippen molar-refractivity contribution in [2.75, 3.05) is 16.8 Å². The number of rotatable bonds is 9. The first-order chi connectivity index (χ1) is 16.1. The zero-order valence-electron chi connectivity index (χ0n) is 18.8. The Balaban J connectivity index is 1.93. The smallest absolute Gasteiger partial charge is 0.270 e. The molecule has 0 saturated carbocycles. The summed E-state index contributed by atoms with van der Waals surface area (Å²) in [4.78, 5) is 10.3. The van der Waals surface area contributed by atoms with E-state index < -0.39 is 14.9 Å². The van der Waals surface area contributed by atoms with Crippen LogP contribution in [-0.4, -0.2) is 31.3 Å². The average Bonchev–Trinajstić information content (AvgIpc) is 2.78. The number of aryl methyl sites for hydroxylation is 2. The van der Waals surface area contributed by atoms with E-state index in [0.29, 0.717) is 23.4 Å². The number of nitrogens with zero attached hydrogens (tertiary/aromatic N) is 2. The summed E-state index contributed by atoms with van der Waals surface area (Å²) in [6, 6.07) is 13.2. The van der Waals surface area contributed by atoms with Crippen molar-refractivity contribution in [1.29, 1.82) is 0 Å². The summed E-state index contributed by atoms with van der Waals surface area (Å²) >= 11 is 0. The van der Waals surface area contributed by atoms with Crippen LogP contribution < -0.4 is 14.9 Å². The zero-order chi connectivity index (χ0) is 24.9. The van der Waals surface area contributed by atoms with Crippen molar-refractivity contribution < 1.29 is 23.2 Å². The molecule has 0 radical (unpaired) electrons. The standard InChI is InChI=1S/C23H24N4O6S/c1-4-33-22-12-17(6-10-21(22)28)14-24-25-20-9-7-18(27(29)30)13-23(20)34(31,32)26-19-8-5-15(2)11-16(19)3/h5-14,25-26,28H,4H2,1-3H3/b24-14+. The molecule has 0 saturated heterocycles. The molecule has 10 nitrogen and oxygen atoms in total.